The van der Waals surface area contributed by atoms with Gasteiger partial charge >= 0.3 is 7.60 Å². The summed E-state index contributed by atoms with van der Waals surface area (Å²) in [7, 11) is -1.11. The molecule has 12 heavy (non-hydrogen) atoms. The van der Waals surface area contributed by atoms with Gasteiger partial charge in [0.2, 0.25) is 5.91 Å². The molecule has 0 atom stereocenters. The Labute approximate surface area is 70.7 Å². The van der Waals surface area contributed by atoms with Crippen LogP contribution in [0.2, 0.25) is 0 Å². The number of carbonyl (C=O) groups is 1. The van der Waals surface area contributed by atoms with Crippen LogP contribution in [0.3, 0.4) is 0 Å². The molecule has 0 spiro atoms. The molecule has 0 saturated carbocycles. The summed E-state index contributed by atoms with van der Waals surface area (Å²) in [6, 6.07) is 0. The summed E-state index contributed by atoms with van der Waals surface area (Å²) >= 11 is 0. The number of rotatable bonds is 4. The molecule has 0 aromatic rings. The molecule has 0 aromatic carbocycles. The monoisotopic (exact) mass is 196 g/mol. The minimum Gasteiger partial charge on any atom is -0.358 e. The van der Waals surface area contributed by atoms with E-state index in [1.807, 2.05) is 0 Å². The number of carbonyl (C=O) groups excluding carboxylic acids is 1. The van der Waals surface area contributed by atoms with E-state index in [0.29, 0.717) is 0 Å². The van der Waals surface area contributed by atoms with Crippen LogP contribution in [-0.4, -0.2) is 47.5 Å². The Morgan fingerprint density at radius 3 is 2.42 bits per heavy atom. The zero-order valence-corrected chi connectivity index (χ0v) is 7.91. The minimum absolute atomic E-state index is 0.0123. The average Bonchev–Trinajstić information content (AvgIpc) is 1.82. The van der Waals surface area contributed by atoms with Gasteiger partial charge in [-0.2, -0.15) is 0 Å². The van der Waals surface area contributed by atoms with Crippen LogP contribution in [-0.2, 0) is 9.36 Å². The molecule has 0 unspecified atom stereocenters. The predicted octanol–water partition coefficient (Wildman–Crippen LogP) is -1.20. The maximum absolute atomic E-state index is 10.7. The summed E-state index contributed by atoms with van der Waals surface area (Å²) in [5, 5.41) is 2.35. The van der Waals surface area contributed by atoms with E-state index >= 15 is 0 Å². The van der Waals surface area contributed by atoms with Crippen LogP contribution in [0.4, 0.5) is 0 Å². The molecule has 0 aliphatic carbocycles. The molecule has 0 radical (unpaired) electrons. The highest BCUT2D eigenvalue weighted by molar-refractivity contribution is 7.51. The van der Waals surface area contributed by atoms with E-state index in [-0.39, 0.29) is 12.5 Å². The third-order valence-electron chi connectivity index (χ3n) is 1.12. The Morgan fingerprint density at radius 1 is 1.58 bits per heavy atom. The van der Waals surface area contributed by atoms with Crippen molar-refractivity contribution < 1.29 is 19.1 Å². The summed E-state index contributed by atoms with van der Waals surface area (Å²) in [4.78, 5) is 29.0. The van der Waals surface area contributed by atoms with E-state index in [4.69, 9.17) is 9.79 Å². The maximum atomic E-state index is 10.7. The van der Waals surface area contributed by atoms with Gasteiger partial charge in [0.1, 0.15) is 6.29 Å². The molecule has 7 heteroatoms. The lowest BCUT2D eigenvalue weighted by Gasteiger charge is -2.15. The van der Waals surface area contributed by atoms with Crippen molar-refractivity contribution in [3.8, 4) is 0 Å². The molecular formula is C5H13N2O4P. The summed E-state index contributed by atoms with van der Waals surface area (Å²) in [5.41, 5.74) is 0. The average molecular weight is 196 g/mol. The van der Waals surface area contributed by atoms with Gasteiger partial charge in [-0.1, -0.05) is 0 Å². The third-order valence-corrected chi connectivity index (χ3v) is 1.97. The molecule has 3 N–H and O–H groups in total. The smallest absolute Gasteiger partial charge is 0.339 e. The van der Waals surface area contributed by atoms with Crippen LogP contribution in [0.5, 0.6) is 0 Å². The molecule has 0 saturated heterocycles. The minimum atomic E-state index is -4.04. The maximum Gasteiger partial charge on any atom is 0.339 e. The van der Waals surface area contributed by atoms with Crippen LogP contribution in [0.1, 0.15) is 0 Å². The van der Waals surface area contributed by atoms with Crippen molar-refractivity contribution >= 4 is 13.5 Å². The number of likely N-dealkylation sites (N-methyl/N-ethyl adjacent to an activating group) is 2. The van der Waals surface area contributed by atoms with Gasteiger partial charge in [-0.15, -0.1) is 0 Å². The van der Waals surface area contributed by atoms with E-state index in [9.17, 15) is 9.36 Å². The first kappa shape index (κ1) is 11.6. The first-order valence-electron chi connectivity index (χ1n) is 3.29. The molecule has 0 aromatic heterocycles. The lowest BCUT2D eigenvalue weighted by atomic mass is 10.5. The van der Waals surface area contributed by atoms with Crippen molar-refractivity contribution in [1.29, 1.82) is 0 Å². The normalized spacial score (nSPS) is 11.8. The largest absolute Gasteiger partial charge is 0.358 e. The van der Waals surface area contributed by atoms with Crippen molar-refractivity contribution in [2.75, 3.05) is 26.9 Å². The second kappa shape index (κ2) is 4.57. The highest BCUT2D eigenvalue weighted by atomic mass is 31.2. The first-order chi connectivity index (χ1) is 5.35. The first-order valence-corrected chi connectivity index (χ1v) is 5.08. The molecule has 6 nitrogen and oxygen atoms in total. The lowest BCUT2D eigenvalue weighted by Crippen LogP contribution is -2.33. The van der Waals surface area contributed by atoms with Crippen molar-refractivity contribution in [2.24, 2.45) is 0 Å². The summed E-state index contributed by atoms with van der Waals surface area (Å²) in [5.74, 6) is -0.272. The highest BCUT2D eigenvalue weighted by Gasteiger charge is 2.17. The SMILES string of the molecule is CNC(=O)CN(C)CP(=O)(O)O. The number of nitrogens with one attached hydrogen (secondary N) is 1. The lowest BCUT2D eigenvalue weighted by molar-refractivity contribution is -0.121. The molecule has 0 heterocycles. The molecule has 0 fully saturated rings. The van der Waals surface area contributed by atoms with E-state index in [1.165, 1.54) is 19.0 Å². The molecule has 0 rings (SSSR count). The summed E-state index contributed by atoms with van der Waals surface area (Å²) in [6.45, 7) is -0.0123. The molecule has 0 aliphatic heterocycles. The van der Waals surface area contributed by atoms with E-state index in [0.717, 1.165) is 0 Å². The van der Waals surface area contributed by atoms with Gasteiger partial charge in [0.05, 0.1) is 6.54 Å². The number of hydrogen-bond acceptors (Lipinski definition) is 3. The van der Waals surface area contributed by atoms with Crippen LogP contribution in [0.25, 0.3) is 0 Å². The van der Waals surface area contributed by atoms with Crippen molar-refractivity contribution in [2.45, 2.75) is 0 Å². The number of amides is 1. The molecular weight excluding hydrogens is 183 g/mol. The summed E-state index contributed by atoms with van der Waals surface area (Å²) < 4.78 is 10.4. The Morgan fingerprint density at radius 2 is 2.08 bits per heavy atom. The van der Waals surface area contributed by atoms with Gasteiger partial charge in [-0.05, 0) is 7.05 Å². The standard InChI is InChI=1S/C5H13N2O4P/c1-6-5(8)3-7(2)4-12(9,10)11/h3-4H2,1-2H3,(H,6,8)(H2,9,10,11). The number of nitrogens with zero attached hydrogens (tertiary/aromatic N) is 1. The fraction of sp³-hybridized carbons (Fsp3) is 0.800. The third kappa shape index (κ3) is 6.30. The van der Waals surface area contributed by atoms with E-state index in [2.05, 4.69) is 5.32 Å². The predicted molar refractivity (Wildman–Crippen MR) is 43.6 cm³/mol. The molecule has 0 bridgehead atoms. The Bertz CT molecular complexity index is 202. The fourth-order valence-electron chi connectivity index (χ4n) is 0.689. The quantitative estimate of drug-likeness (QED) is 0.491. The summed E-state index contributed by atoms with van der Waals surface area (Å²) in [6.07, 6.45) is -0.402. The fourth-order valence-corrected chi connectivity index (χ4v) is 1.42. The second-order valence-electron chi connectivity index (χ2n) is 2.49. The molecule has 72 valence electrons. The van der Waals surface area contributed by atoms with Gasteiger partial charge in [0.25, 0.3) is 0 Å². The highest BCUT2D eigenvalue weighted by Crippen LogP contribution is 2.34. The van der Waals surface area contributed by atoms with Gasteiger partial charge in [-0.3, -0.25) is 14.3 Å². The second-order valence-corrected chi connectivity index (χ2v) is 4.11. The molecule has 0 aliphatic rings. The van der Waals surface area contributed by atoms with E-state index in [1.54, 1.807) is 0 Å². The zero-order valence-electron chi connectivity index (χ0n) is 7.02. The van der Waals surface area contributed by atoms with Crippen molar-refractivity contribution in [1.82, 2.24) is 10.2 Å². The Hall–Kier alpha value is -0.420. The van der Waals surface area contributed by atoms with Crippen LogP contribution < -0.4 is 5.32 Å². The van der Waals surface area contributed by atoms with Gasteiger partial charge in [-0.25, -0.2) is 0 Å². The van der Waals surface area contributed by atoms with Crippen LogP contribution in [0.15, 0.2) is 0 Å². The van der Waals surface area contributed by atoms with Gasteiger partial charge in [0.15, 0.2) is 0 Å². The molecule has 1 amide bonds. The van der Waals surface area contributed by atoms with Crippen LogP contribution in [0, 0.1) is 0 Å². The van der Waals surface area contributed by atoms with Crippen molar-refractivity contribution in [3.63, 3.8) is 0 Å². The van der Waals surface area contributed by atoms with Crippen molar-refractivity contribution in [3.05, 3.63) is 0 Å². The topological polar surface area (TPSA) is 89.9 Å². The van der Waals surface area contributed by atoms with Crippen LogP contribution >= 0.6 is 7.60 Å². The zero-order chi connectivity index (χ0) is 9.78. The Balaban J connectivity index is 3.82. The van der Waals surface area contributed by atoms with E-state index < -0.39 is 13.9 Å². The van der Waals surface area contributed by atoms with Gasteiger partial charge < -0.3 is 15.1 Å². The Kier molecular flexibility index (Phi) is 4.41. The number of hydrogen-bond donors (Lipinski definition) is 3. The van der Waals surface area contributed by atoms with Gasteiger partial charge in [0, 0.05) is 7.05 Å².